The zero-order valence-electron chi connectivity index (χ0n) is 11.8. The van der Waals surface area contributed by atoms with Crippen LogP contribution in [0, 0.1) is 6.92 Å². The van der Waals surface area contributed by atoms with Gasteiger partial charge in [0.25, 0.3) is 0 Å². The number of thiazole rings is 1. The molecule has 0 aliphatic carbocycles. The van der Waals surface area contributed by atoms with Gasteiger partial charge in [0.15, 0.2) is 0 Å². The molecule has 0 unspecified atom stereocenters. The SMILES string of the molecule is CCNCc1cc(CN(C)Cc2cscn2)c(C)s1. The number of hydrogen-bond donors (Lipinski definition) is 1. The van der Waals surface area contributed by atoms with Gasteiger partial charge >= 0.3 is 0 Å². The van der Waals surface area contributed by atoms with Crippen molar-refractivity contribution in [2.75, 3.05) is 13.6 Å². The average molecular weight is 295 g/mol. The van der Waals surface area contributed by atoms with Crippen molar-refractivity contribution in [1.82, 2.24) is 15.2 Å². The Hall–Kier alpha value is -0.750. The van der Waals surface area contributed by atoms with Crippen molar-refractivity contribution >= 4 is 22.7 Å². The molecule has 0 amide bonds. The van der Waals surface area contributed by atoms with E-state index in [1.54, 1.807) is 11.3 Å². The highest BCUT2D eigenvalue weighted by molar-refractivity contribution is 7.12. The number of nitrogens with zero attached hydrogens (tertiary/aromatic N) is 2. The number of rotatable bonds is 7. The summed E-state index contributed by atoms with van der Waals surface area (Å²) >= 11 is 3.56. The Bertz CT molecular complexity index is 491. The number of hydrogen-bond acceptors (Lipinski definition) is 5. The van der Waals surface area contributed by atoms with E-state index in [4.69, 9.17) is 0 Å². The van der Waals surface area contributed by atoms with E-state index >= 15 is 0 Å². The molecule has 3 nitrogen and oxygen atoms in total. The Morgan fingerprint density at radius 2 is 2.21 bits per heavy atom. The van der Waals surface area contributed by atoms with Crippen LogP contribution < -0.4 is 5.32 Å². The summed E-state index contributed by atoms with van der Waals surface area (Å²) in [6.45, 7) is 8.27. The molecule has 0 aliphatic rings. The van der Waals surface area contributed by atoms with Gasteiger partial charge in [-0.2, -0.15) is 0 Å². The molecule has 2 aromatic heterocycles. The maximum atomic E-state index is 4.34. The molecule has 2 aromatic rings. The van der Waals surface area contributed by atoms with E-state index in [2.05, 4.69) is 47.5 Å². The van der Waals surface area contributed by atoms with Crippen LogP contribution in [0.4, 0.5) is 0 Å². The summed E-state index contributed by atoms with van der Waals surface area (Å²) in [5.41, 5.74) is 4.50. The van der Waals surface area contributed by atoms with Crippen molar-refractivity contribution in [3.63, 3.8) is 0 Å². The average Bonchev–Trinajstić information content (AvgIpc) is 2.98. The highest BCUT2D eigenvalue weighted by Crippen LogP contribution is 2.23. The van der Waals surface area contributed by atoms with Crippen molar-refractivity contribution < 1.29 is 0 Å². The zero-order chi connectivity index (χ0) is 13.7. The molecule has 1 N–H and O–H groups in total. The first-order valence-corrected chi connectivity index (χ1v) is 8.29. The standard InChI is InChI=1S/C14H21N3S2/c1-4-15-6-14-5-12(11(2)19-14)7-17(3)8-13-9-18-10-16-13/h5,9-10,15H,4,6-8H2,1-3H3. The van der Waals surface area contributed by atoms with Crippen LogP contribution in [0.3, 0.4) is 0 Å². The molecule has 0 spiro atoms. The van der Waals surface area contributed by atoms with E-state index < -0.39 is 0 Å². The van der Waals surface area contributed by atoms with E-state index in [0.29, 0.717) is 0 Å². The van der Waals surface area contributed by atoms with E-state index in [1.807, 2.05) is 16.8 Å². The van der Waals surface area contributed by atoms with Gasteiger partial charge < -0.3 is 5.32 Å². The third-order valence-corrected chi connectivity index (χ3v) is 4.70. The highest BCUT2D eigenvalue weighted by atomic mass is 32.1. The van der Waals surface area contributed by atoms with Crippen LogP contribution in [-0.4, -0.2) is 23.5 Å². The van der Waals surface area contributed by atoms with Gasteiger partial charge in [-0.25, -0.2) is 4.98 Å². The minimum Gasteiger partial charge on any atom is -0.312 e. The quantitative estimate of drug-likeness (QED) is 0.850. The van der Waals surface area contributed by atoms with Crippen molar-refractivity contribution in [3.05, 3.63) is 38.0 Å². The molecule has 0 saturated heterocycles. The maximum Gasteiger partial charge on any atom is 0.0795 e. The van der Waals surface area contributed by atoms with Crippen LogP contribution in [0.2, 0.25) is 0 Å². The van der Waals surface area contributed by atoms with E-state index in [-0.39, 0.29) is 0 Å². The molecule has 0 bridgehead atoms. The Balaban J connectivity index is 1.92. The monoisotopic (exact) mass is 295 g/mol. The summed E-state index contributed by atoms with van der Waals surface area (Å²) in [5, 5.41) is 5.50. The Kier molecular flexibility index (Phi) is 5.51. The van der Waals surface area contributed by atoms with Crippen LogP contribution >= 0.6 is 22.7 Å². The molecule has 2 rings (SSSR count). The topological polar surface area (TPSA) is 28.2 Å². The van der Waals surface area contributed by atoms with Crippen LogP contribution in [0.25, 0.3) is 0 Å². The Morgan fingerprint density at radius 1 is 1.37 bits per heavy atom. The van der Waals surface area contributed by atoms with E-state index in [0.717, 1.165) is 31.9 Å². The lowest BCUT2D eigenvalue weighted by Crippen LogP contribution is -2.17. The van der Waals surface area contributed by atoms with Crippen molar-refractivity contribution in [1.29, 1.82) is 0 Å². The van der Waals surface area contributed by atoms with Gasteiger partial charge in [0.1, 0.15) is 0 Å². The van der Waals surface area contributed by atoms with Crippen molar-refractivity contribution in [3.8, 4) is 0 Å². The number of aryl methyl sites for hydroxylation is 1. The fourth-order valence-corrected chi connectivity index (χ4v) is 3.59. The third-order valence-electron chi connectivity index (χ3n) is 2.98. The highest BCUT2D eigenvalue weighted by Gasteiger charge is 2.09. The zero-order valence-corrected chi connectivity index (χ0v) is 13.4. The van der Waals surface area contributed by atoms with Gasteiger partial charge in [-0.05, 0) is 32.1 Å². The summed E-state index contributed by atoms with van der Waals surface area (Å²) in [5.74, 6) is 0. The summed E-state index contributed by atoms with van der Waals surface area (Å²) < 4.78 is 0. The molecular formula is C14H21N3S2. The van der Waals surface area contributed by atoms with Crippen molar-refractivity contribution in [2.45, 2.75) is 33.5 Å². The fourth-order valence-electron chi connectivity index (χ4n) is 2.02. The molecule has 0 aliphatic heterocycles. The lowest BCUT2D eigenvalue weighted by molar-refractivity contribution is 0.315. The summed E-state index contributed by atoms with van der Waals surface area (Å²) in [7, 11) is 2.15. The van der Waals surface area contributed by atoms with E-state index in [9.17, 15) is 0 Å². The predicted molar refractivity (Wildman–Crippen MR) is 83.7 cm³/mol. The smallest absolute Gasteiger partial charge is 0.0795 e. The molecule has 19 heavy (non-hydrogen) atoms. The minimum absolute atomic E-state index is 0.918. The first kappa shape index (κ1) is 14.7. The van der Waals surface area contributed by atoms with Crippen LogP contribution in [0.15, 0.2) is 17.0 Å². The van der Waals surface area contributed by atoms with Crippen LogP contribution in [0.1, 0.15) is 27.9 Å². The second kappa shape index (κ2) is 7.14. The largest absolute Gasteiger partial charge is 0.312 e. The molecule has 0 aromatic carbocycles. The van der Waals surface area contributed by atoms with E-state index in [1.165, 1.54) is 15.3 Å². The maximum absolute atomic E-state index is 4.34. The normalized spacial score (nSPS) is 11.4. The first-order chi connectivity index (χ1) is 9.19. The molecule has 0 saturated carbocycles. The predicted octanol–water partition coefficient (Wildman–Crippen LogP) is 3.25. The molecular weight excluding hydrogens is 274 g/mol. The lowest BCUT2D eigenvalue weighted by Gasteiger charge is -2.14. The third kappa shape index (κ3) is 4.38. The molecule has 104 valence electrons. The molecule has 5 heteroatoms. The lowest BCUT2D eigenvalue weighted by atomic mass is 10.2. The Labute approximate surface area is 123 Å². The Morgan fingerprint density at radius 3 is 2.89 bits per heavy atom. The number of nitrogens with one attached hydrogen (secondary N) is 1. The summed E-state index contributed by atoms with van der Waals surface area (Å²) in [6.07, 6.45) is 0. The number of thiophene rings is 1. The van der Waals surface area contributed by atoms with Crippen molar-refractivity contribution in [2.24, 2.45) is 0 Å². The van der Waals surface area contributed by atoms with Gasteiger partial charge in [0.2, 0.25) is 0 Å². The molecule has 2 heterocycles. The second-order valence-corrected chi connectivity index (χ2v) is 6.79. The van der Waals surface area contributed by atoms with Gasteiger partial charge in [0, 0.05) is 34.8 Å². The van der Waals surface area contributed by atoms with Gasteiger partial charge in [-0.15, -0.1) is 22.7 Å². The van der Waals surface area contributed by atoms with Crippen LogP contribution in [0.5, 0.6) is 0 Å². The summed E-state index contributed by atoms with van der Waals surface area (Å²) in [4.78, 5) is 9.51. The molecule has 0 radical (unpaired) electrons. The molecule has 0 atom stereocenters. The summed E-state index contributed by atoms with van der Waals surface area (Å²) in [6, 6.07) is 2.33. The van der Waals surface area contributed by atoms with Gasteiger partial charge in [-0.3, -0.25) is 4.90 Å². The minimum atomic E-state index is 0.918. The number of aromatic nitrogens is 1. The van der Waals surface area contributed by atoms with Crippen LogP contribution in [-0.2, 0) is 19.6 Å². The van der Waals surface area contributed by atoms with Gasteiger partial charge in [0.05, 0.1) is 11.2 Å². The molecule has 0 fully saturated rings. The van der Waals surface area contributed by atoms with Gasteiger partial charge in [-0.1, -0.05) is 6.92 Å². The fraction of sp³-hybridized carbons (Fsp3) is 0.500. The second-order valence-electron chi connectivity index (χ2n) is 4.73. The first-order valence-electron chi connectivity index (χ1n) is 6.53.